The molecule has 1 unspecified atom stereocenters. The Morgan fingerprint density at radius 2 is 1.55 bits per heavy atom. The van der Waals surface area contributed by atoms with Crippen molar-refractivity contribution in [2.24, 2.45) is 0 Å². The molecule has 0 saturated carbocycles. The lowest BCUT2D eigenvalue weighted by atomic mass is 9.98. The minimum atomic E-state index is -1.26. The summed E-state index contributed by atoms with van der Waals surface area (Å²) in [5, 5.41) is 2.76. The highest BCUT2D eigenvalue weighted by Crippen LogP contribution is 2.28. The molecular weight excluding hydrogens is 338 g/mol. The number of hydrogen-bond donors (Lipinski definition) is 1. The molecule has 0 aromatic heterocycles. The maximum atomic E-state index is 13.8. The van der Waals surface area contributed by atoms with Gasteiger partial charge < -0.3 is 5.32 Å². The van der Waals surface area contributed by atoms with Gasteiger partial charge in [-0.1, -0.05) is 15.9 Å². The van der Waals surface area contributed by atoms with Gasteiger partial charge in [-0.15, -0.1) is 0 Å². The van der Waals surface area contributed by atoms with E-state index in [-0.39, 0.29) is 5.56 Å². The summed E-state index contributed by atoms with van der Waals surface area (Å²) in [5.74, 6) is -3.83. The molecular formula is C14H10BrF4N. The lowest BCUT2D eigenvalue weighted by Gasteiger charge is -2.18. The molecule has 0 aliphatic rings. The van der Waals surface area contributed by atoms with Crippen molar-refractivity contribution in [3.8, 4) is 0 Å². The Hall–Kier alpha value is -1.40. The average molecular weight is 348 g/mol. The number of hydrogen-bond acceptors (Lipinski definition) is 1. The van der Waals surface area contributed by atoms with E-state index >= 15 is 0 Å². The molecule has 0 aliphatic carbocycles. The second-order valence-corrected chi connectivity index (χ2v) is 5.13. The van der Waals surface area contributed by atoms with Gasteiger partial charge in [0.05, 0.1) is 6.04 Å². The van der Waals surface area contributed by atoms with Crippen molar-refractivity contribution < 1.29 is 17.6 Å². The van der Waals surface area contributed by atoms with E-state index in [2.05, 4.69) is 21.2 Å². The molecule has 20 heavy (non-hydrogen) atoms. The van der Waals surface area contributed by atoms with Crippen molar-refractivity contribution in [3.63, 3.8) is 0 Å². The van der Waals surface area contributed by atoms with Gasteiger partial charge in [0.25, 0.3) is 0 Å². The zero-order valence-corrected chi connectivity index (χ0v) is 11.9. The minimum absolute atomic E-state index is 0.0936. The Morgan fingerprint density at radius 3 is 2.15 bits per heavy atom. The molecule has 1 nitrogen and oxygen atoms in total. The molecule has 2 aromatic rings. The van der Waals surface area contributed by atoms with E-state index in [1.165, 1.54) is 19.2 Å². The fraction of sp³-hybridized carbons (Fsp3) is 0.143. The van der Waals surface area contributed by atoms with Crippen molar-refractivity contribution >= 4 is 15.9 Å². The molecule has 0 saturated heterocycles. The van der Waals surface area contributed by atoms with Crippen LogP contribution in [0.25, 0.3) is 0 Å². The van der Waals surface area contributed by atoms with Crippen molar-refractivity contribution in [1.29, 1.82) is 0 Å². The van der Waals surface area contributed by atoms with Gasteiger partial charge in [0.15, 0.2) is 11.6 Å². The van der Waals surface area contributed by atoms with Gasteiger partial charge in [-0.25, -0.2) is 17.6 Å². The predicted molar refractivity (Wildman–Crippen MR) is 71.3 cm³/mol. The second-order valence-electron chi connectivity index (χ2n) is 4.21. The van der Waals surface area contributed by atoms with Crippen LogP contribution < -0.4 is 5.32 Å². The fourth-order valence-corrected chi connectivity index (χ4v) is 2.49. The van der Waals surface area contributed by atoms with Gasteiger partial charge in [0, 0.05) is 16.1 Å². The lowest BCUT2D eigenvalue weighted by molar-refractivity contribution is 0.483. The van der Waals surface area contributed by atoms with Crippen LogP contribution in [0, 0.1) is 23.3 Å². The zero-order chi connectivity index (χ0) is 14.9. The molecule has 106 valence electrons. The number of benzene rings is 2. The molecule has 0 bridgehead atoms. The Kier molecular flexibility index (Phi) is 4.45. The van der Waals surface area contributed by atoms with Crippen LogP contribution in [-0.2, 0) is 0 Å². The quantitative estimate of drug-likeness (QED) is 0.644. The second kappa shape index (κ2) is 5.93. The molecule has 0 spiro atoms. The van der Waals surface area contributed by atoms with Gasteiger partial charge in [-0.2, -0.15) is 0 Å². The van der Waals surface area contributed by atoms with Crippen LogP contribution in [0.2, 0.25) is 0 Å². The van der Waals surface area contributed by atoms with E-state index < -0.39 is 29.3 Å². The van der Waals surface area contributed by atoms with Crippen molar-refractivity contribution in [2.45, 2.75) is 6.04 Å². The third-order valence-corrected chi connectivity index (χ3v) is 3.32. The van der Waals surface area contributed by atoms with E-state index in [1.807, 2.05) is 0 Å². The summed E-state index contributed by atoms with van der Waals surface area (Å²) in [6.07, 6.45) is 0. The summed E-state index contributed by atoms with van der Waals surface area (Å²) >= 11 is 3.13. The van der Waals surface area contributed by atoms with Crippen LogP contribution in [0.4, 0.5) is 17.6 Å². The van der Waals surface area contributed by atoms with Crippen LogP contribution in [0.3, 0.4) is 0 Å². The first-order valence-electron chi connectivity index (χ1n) is 5.70. The normalized spacial score (nSPS) is 12.5. The topological polar surface area (TPSA) is 12.0 Å². The maximum absolute atomic E-state index is 13.8. The smallest absolute Gasteiger partial charge is 0.161 e. The summed E-state index contributed by atoms with van der Waals surface area (Å²) < 4.78 is 53.9. The Labute approximate surface area is 121 Å². The van der Waals surface area contributed by atoms with Crippen LogP contribution >= 0.6 is 15.9 Å². The molecule has 0 amide bonds. The van der Waals surface area contributed by atoms with Crippen LogP contribution in [0.1, 0.15) is 17.2 Å². The van der Waals surface area contributed by atoms with Crippen LogP contribution in [0.15, 0.2) is 34.8 Å². The summed E-state index contributed by atoms with van der Waals surface area (Å²) in [6, 6.07) is 4.47. The Balaban J connectivity index is 2.55. The Morgan fingerprint density at radius 1 is 0.900 bits per heavy atom. The third kappa shape index (κ3) is 3.02. The summed E-state index contributed by atoms with van der Waals surface area (Å²) in [6.45, 7) is 0. The number of halogens is 5. The Bertz CT molecular complexity index is 625. The summed E-state index contributed by atoms with van der Waals surface area (Å²) in [7, 11) is 1.52. The van der Waals surface area contributed by atoms with Gasteiger partial charge in [0.1, 0.15) is 11.6 Å². The molecule has 2 rings (SSSR count). The number of rotatable bonds is 3. The highest BCUT2D eigenvalue weighted by molar-refractivity contribution is 9.10. The molecule has 1 atom stereocenters. The highest BCUT2D eigenvalue weighted by atomic mass is 79.9. The van der Waals surface area contributed by atoms with Gasteiger partial charge in [0.2, 0.25) is 0 Å². The van der Waals surface area contributed by atoms with E-state index in [9.17, 15) is 17.6 Å². The van der Waals surface area contributed by atoms with Crippen molar-refractivity contribution in [2.75, 3.05) is 7.05 Å². The molecule has 1 N–H and O–H groups in total. The highest BCUT2D eigenvalue weighted by Gasteiger charge is 2.20. The van der Waals surface area contributed by atoms with Gasteiger partial charge in [-0.05, 0) is 36.9 Å². The monoisotopic (exact) mass is 347 g/mol. The molecule has 0 heterocycles. The van der Waals surface area contributed by atoms with E-state index in [0.717, 1.165) is 6.07 Å². The summed E-state index contributed by atoms with van der Waals surface area (Å²) in [4.78, 5) is 0. The molecule has 0 fully saturated rings. The number of nitrogens with one attached hydrogen (secondary N) is 1. The van der Waals surface area contributed by atoms with Crippen molar-refractivity contribution in [1.82, 2.24) is 5.32 Å². The van der Waals surface area contributed by atoms with E-state index in [0.29, 0.717) is 16.1 Å². The first-order valence-corrected chi connectivity index (χ1v) is 6.49. The lowest BCUT2D eigenvalue weighted by Crippen LogP contribution is -2.19. The van der Waals surface area contributed by atoms with Crippen LogP contribution in [0.5, 0.6) is 0 Å². The van der Waals surface area contributed by atoms with Crippen molar-refractivity contribution in [3.05, 3.63) is 69.2 Å². The minimum Gasteiger partial charge on any atom is -0.309 e. The van der Waals surface area contributed by atoms with Gasteiger partial charge >= 0.3 is 0 Å². The predicted octanol–water partition coefficient (Wildman–Crippen LogP) is 4.31. The molecule has 0 radical (unpaired) electrons. The SMILES string of the molecule is CNC(c1cc(F)cc(Br)c1)c1cc(F)c(F)cc1F. The molecule has 2 aromatic carbocycles. The fourth-order valence-electron chi connectivity index (χ4n) is 2.00. The van der Waals surface area contributed by atoms with E-state index in [4.69, 9.17) is 0 Å². The maximum Gasteiger partial charge on any atom is 0.161 e. The first-order chi connectivity index (χ1) is 9.42. The van der Waals surface area contributed by atoms with Crippen LogP contribution in [-0.4, -0.2) is 7.05 Å². The average Bonchev–Trinajstić information content (AvgIpc) is 2.35. The van der Waals surface area contributed by atoms with Gasteiger partial charge in [-0.3, -0.25) is 0 Å². The molecule has 6 heteroatoms. The largest absolute Gasteiger partial charge is 0.309 e. The zero-order valence-electron chi connectivity index (χ0n) is 10.4. The summed E-state index contributed by atoms with van der Waals surface area (Å²) in [5.41, 5.74) is 0.299. The third-order valence-electron chi connectivity index (χ3n) is 2.86. The standard InChI is InChI=1S/C14H10BrF4N/c1-20-14(7-2-8(15)4-9(16)3-7)10-5-12(18)13(19)6-11(10)17/h2-6,14,20H,1H3. The first kappa shape index (κ1) is 15.0. The van der Waals surface area contributed by atoms with E-state index in [1.54, 1.807) is 6.07 Å². The molecule has 0 aliphatic heterocycles.